The topological polar surface area (TPSA) is 94.1 Å². The maximum Gasteiger partial charge on any atom is 0.472 e. The first-order chi connectivity index (χ1) is 15.5. The Labute approximate surface area is 197 Å². The van der Waals surface area contributed by atoms with Crippen LogP contribution in [0.15, 0.2) is 0 Å². The Bertz CT molecular complexity index is 464. The van der Waals surface area contributed by atoms with Crippen LogP contribution in [0.3, 0.4) is 0 Å². The van der Waals surface area contributed by atoms with Crippen molar-refractivity contribution in [2.75, 3.05) is 33.4 Å². The van der Waals surface area contributed by atoms with Crippen LogP contribution < -0.4 is 5.32 Å². The Balaban J connectivity index is 3.31. The molecule has 0 rings (SSSR count). The lowest BCUT2D eigenvalue weighted by Gasteiger charge is -2.12. The Kier molecular flexibility index (Phi) is 23.3. The van der Waals surface area contributed by atoms with Crippen molar-refractivity contribution in [1.82, 2.24) is 5.32 Å². The molecule has 1 unspecified atom stereocenters. The number of phosphoric ester groups is 1. The maximum atomic E-state index is 11.7. The summed E-state index contributed by atoms with van der Waals surface area (Å²) < 4.78 is 26.2. The van der Waals surface area contributed by atoms with E-state index in [-0.39, 0.29) is 25.8 Å². The molecule has 0 saturated carbocycles. The van der Waals surface area contributed by atoms with Crippen LogP contribution in [0.4, 0.5) is 0 Å². The third kappa shape index (κ3) is 24.2. The van der Waals surface area contributed by atoms with Crippen LogP contribution in [0, 0.1) is 0 Å². The number of carbonyl (C=O) groups excluding carboxylic acids is 1. The third-order valence-corrected chi connectivity index (χ3v) is 6.41. The molecule has 0 aliphatic carbocycles. The molecular weight excluding hydrogens is 429 g/mol. The lowest BCUT2D eigenvalue weighted by molar-refractivity contribution is -0.144. The number of ether oxygens (including phenoxy) is 1. The summed E-state index contributed by atoms with van der Waals surface area (Å²) >= 11 is 0. The van der Waals surface area contributed by atoms with E-state index in [1.165, 1.54) is 83.5 Å². The second kappa shape index (κ2) is 23.7. The highest BCUT2D eigenvalue weighted by atomic mass is 31.2. The van der Waals surface area contributed by atoms with E-state index in [4.69, 9.17) is 13.8 Å². The van der Waals surface area contributed by atoms with E-state index >= 15 is 0 Å². The fraction of sp³-hybridized carbons (Fsp3) is 0.958. The minimum Gasteiger partial charge on any atom is -0.466 e. The van der Waals surface area contributed by atoms with E-state index in [0.29, 0.717) is 19.4 Å². The number of hydrogen-bond donors (Lipinski definition) is 2. The zero-order valence-corrected chi connectivity index (χ0v) is 21.7. The van der Waals surface area contributed by atoms with E-state index in [2.05, 4.69) is 12.2 Å². The highest BCUT2D eigenvalue weighted by Gasteiger charge is 2.20. The van der Waals surface area contributed by atoms with Crippen LogP contribution >= 0.6 is 7.82 Å². The molecule has 0 aliphatic heterocycles. The van der Waals surface area contributed by atoms with E-state index in [9.17, 15) is 14.3 Å². The molecular formula is C24H50NO6P. The number of unbranched alkanes of at least 4 members (excludes halogenated alkanes) is 14. The van der Waals surface area contributed by atoms with Crippen molar-refractivity contribution in [3.63, 3.8) is 0 Å². The smallest absolute Gasteiger partial charge is 0.466 e. The number of rotatable bonds is 25. The summed E-state index contributed by atoms with van der Waals surface area (Å²) in [6, 6.07) is 0. The molecule has 0 bridgehead atoms. The zero-order chi connectivity index (χ0) is 23.8. The third-order valence-electron chi connectivity index (χ3n) is 5.40. The highest BCUT2D eigenvalue weighted by Crippen LogP contribution is 2.42. The van der Waals surface area contributed by atoms with Gasteiger partial charge in [0.25, 0.3) is 0 Å². The van der Waals surface area contributed by atoms with Crippen molar-refractivity contribution >= 4 is 13.8 Å². The molecule has 0 aromatic heterocycles. The SMILES string of the molecule is CCCCCCCCCCCCCCCCCC(=O)OCCCOP(=O)(O)OCCNC. The molecule has 0 amide bonds. The quantitative estimate of drug-likeness (QED) is 0.0873. The fourth-order valence-electron chi connectivity index (χ4n) is 3.44. The van der Waals surface area contributed by atoms with Gasteiger partial charge in [0.2, 0.25) is 0 Å². The molecule has 7 nitrogen and oxygen atoms in total. The number of phosphoric acid groups is 1. The summed E-state index contributed by atoms with van der Waals surface area (Å²) in [4.78, 5) is 21.1. The molecule has 0 aromatic carbocycles. The van der Waals surface area contributed by atoms with Crippen LogP contribution in [0.2, 0.25) is 0 Å². The minimum atomic E-state index is -4.01. The summed E-state index contributed by atoms with van der Waals surface area (Å²) in [5.74, 6) is -0.211. The predicted octanol–water partition coefficient (Wildman–Crippen LogP) is 6.53. The minimum absolute atomic E-state index is 0.0135. The second-order valence-corrected chi connectivity index (χ2v) is 9.97. The van der Waals surface area contributed by atoms with Crippen molar-refractivity contribution in [1.29, 1.82) is 0 Å². The van der Waals surface area contributed by atoms with Gasteiger partial charge in [0.15, 0.2) is 0 Å². The zero-order valence-electron chi connectivity index (χ0n) is 20.8. The molecule has 8 heteroatoms. The lowest BCUT2D eigenvalue weighted by Crippen LogP contribution is -2.14. The largest absolute Gasteiger partial charge is 0.472 e. The van der Waals surface area contributed by atoms with Crippen molar-refractivity contribution in [3.8, 4) is 0 Å². The van der Waals surface area contributed by atoms with E-state index in [0.717, 1.165) is 12.8 Å². The van der Waals surface area contributed by atoms with Crippen molar-refractivity contribution in [3.05, 3.63) is 0 Å². The van der Waals surface area contributed by atoms with Gasteiger partial charge in [-0.05, 0) is 13.5 Å². The molecule has 0 saturated heterocycles. The van der Waals surface area contributed by atoms with Crippen LogP contribution in [0.25, 0.3) is 0 Å². The van der Waals surface area contributed by atoms with E-state index in [1.807, 2.05) is 0 Å². The van der Waals surface area contributed by atoms with Crippen LogP contribution in [-0.4, -0.2) is 44.3 Å². The average Bonchev–Trinajstić information content (AvgIpc) is 2.76. The average molecular weight is 480 g/mol. The summed E-state index contributed by atoms with van der Waals surface area (Å²) in [6.07, 6.45) is 20.3. The number of carbonyl (C=O) groups is 1. The molecule has 32 heavy (non-hydrogen) atoms. The number of esters is 1. The van der Waals surface area contributed by atoms with Gasteiger partial charge in [0, 0.05) is 19.4 Å². The molecule has 0 aromatic rings. The first-order valence-corrected chi connectivity index (χ1v) is 14.4. The Morgan fingerprint density at radius 3 is 1.69 bits per heavy atom. The van der Waals surface area contributed by atoms with Gasteiger partial charge in [0.05, 0.1) is 19.8 Å². The summed E-state index contributed by atoms with van der Waals surface area (Å²) in [5, 5.41) is 2.81. The Hall–Kier alpha value is -0.460. The van der Waals surface area contributed by atoms with Gasteiger partial charge >= 0.3 is 13.8 Å². The molecule has 0 radical (unpaired) electrons. The van der Waals surface area contributed by atoms with Gasteiger partial charge < -0.3 is 14.9 Å². The summed E-state index contributed by atoms with van der Waals surface area (Å²) in [5.41, 5.74) is 0. The van der Waals surface area contributed by atoms with Gasteiger partial charge in [-0.1, -0.05) is 96.8 Å². The Morgan fingerprint density at radius 1 is 0.719 bits per heavy atom. The first-order valence-electron chi connectivity index (χ1n) is 12.9. The van der Waals surface area contributed by atoms with E-state index < -0.39 is 7.82 Å². The number of hydrogen-bond acceptors (Lipinski definition) is 6. The number of nitrogens with one attached hydrogen (secondary N) is 1. The molecule has 0 heterocycles. The molecule has 1 atom stereocenters. The fourth-order valence-corrected chi connectivity index (χ4v) is 4.19. The molecule has 0 spiro atoms. The first kappa shape index (κ1) is 31.5. The second-order valence-electron chi connectivity index (χ2n) is 8.51. The lowest BCUT2D eigenvalue weighted by atomic mass is 10.0. The standard InChI is InChI=1S/C24H50NO6P/c1-3-4-5-6-7-8-9-10-11-12-13-14-15-16-17-19-24(26)29-21-18-22-30-32(27,28)31-23-20-25-2/h25H,3-23H2,1-2H3,(H,27,28). The monoisotopic (exact) mass is 479 g/mol. The summed E-state index contributed by atoms with van der Waals surface area (Å²) in [6.45, 7) is 3.02. The molecule has 0 fully saturated rings. The van der Waals surface area contributed by atoms with Crippen molar-refractivity contribution in [2.24, 2.45) is 0 Å². The maximum absolute atomic E-state index is 11.7. The van der Waals surface area contributed by atoms with Crippen molar-refractivity contribution < 1.29 is 28.0 Å². The van der Waals surface area contributed by atoms with Crippen LogP contribution in [0.5, 0.6) is 0 Å². The summed E-state index contributed by atoms with van der Waals surface area (Å²) in [7, 11) is -2.29. The van der Waals surface area contributed by atoms with E-state index in [1.54, 1.807) is 7.05 Å². The molecule has 192 valence electrons. The Morgan fingerprint density at radius 2 is 1.19 bits per heavy atom. The van der Waals surface area contributed by atoms with Gasteiger partial charge in [-0.2, -0.15) is 0 Å². The molecule has 2 N–H and O–H groups in total. The highest BCUT2D eigenvalue weighted by molar-refractivity contribution is 7.47. The van der Waals surface area contributed by atoms with Gasteiger partial charge in [0.1, 0.15) is 0 Å². The van der Waals surface area contributed by atoms with Crippen LogP contribution in [0.1, 0.15) is 116 Å². The number of likely N-dealkylation sites (N-methyl/N-ethyl adjacent to an activating group) is 1. The van der Waals surface area contributed by atoms with Crippen molar-refractivity contribution in [2.45, 2.75) is 116 Å². The van der Waals surface area contributed by atoms with Crippen LogP contribution in [-0.2, 0) is 23.1 Å². The van der Waals surface area contributed by atoms with Gasteiger partial charge in [-0.15, -0.1) is 0 Å². The normalized spacial score (nSPS) is 13.2. The van der Waals surface area contributed by atoms with Gasteiger partial charge in [-0.25, -0.2) is 4.57 Å². The van der Waals surface area contributed by atoms with Gasteiger partial charge in [-0.3, -0.25) is 13.8 Å². The molecule has 0 aliphatic rings. The predicted molar refractivity (Wildman–Crippen MR) is 131 cm³/mol.